The molecule has 0 atom stereocenters. The number of carbonyl (C=O) groups excluding carboxylic acids is 1. The van der Waals surface area contributed by atoms with E-state index in [2.05, 4.69) is 20.1 Å². The average Bonchev–Trinajstić information content (AvgIpc) is 3.23. The number of nitrogens with zero attached hydrogens (tertiary/aromatic N) is 6. The van der Waals surface area contributed by atoms with Crippen molar-refractivity contribution in [3.05, 3.63) is 80.0 Å². The number of hydrogen-bond acceptors (Lipinski definition) is 7. The van der Waals surface area contributed by atoms with Crippen LogP contribution in [0.5, 0.6) is 0 Å². The molecule has 0 radical (unpaired) electrons. The zero-order valence-corrected chi connectivity index (χ0v) is 19.3. The highest BCUT2D eigenvalue weighted by Crippen LogP contribution is 2.22. The molecule has 0 aliphatic carbocycles. The molecule has 1 aromatic carbocycles. The van der Waals surface area contributed by atoms with Crippen molar-refractivity contribution >= 4 is 23.2 Å². The van der Waals surface area contributed by atoms with Crippen LogP contribution in [0.3, 0.4) is 0 Å². The molecule has 0 unspecified atom stereocenters. The van der Waals surface area contributed by atoms with Gasteiger partial charge in [-0.15, -0.1) is 5.10 Å². The maximum Gasteiger partial charge on any atom is 0.330 e. The highest BCUT2D eigenvalue weighted by atomic mass is 16.2. The van der Waals surface area contributed by atoms with Gasteiger partial charge in [-0.05, 0) is 31.9 Å². The molecular formula is C23H26N8O3. The molecule has 0 saturated heterocycles. The van der Waals surface area contributed by atoms with Gasteiger partial charge in [-0.2, -0.15) is 4.98 Å². The standard InChI is InChI=1S/C23H26N8O3/c1-4-5-11-29-18(24)17(20(32)27-23(29)34)30(13-16-9-7-6-8-10-16)21(33)19-26-22-25-14(2)12-15(3)31(22)28-19/h6-10,12H,4-5,11,13,24H2,1-3H3,(H,27,32,34). The van der Waals surface area contributed by atoms with Crippen LogP contribution < -0.4 is 21.9 Å². The Balaban J connectivity index is 1.87. The Morgan fingerprint density at radius 1 is 1.15 bits per heavy atom. The Labute approximate surface area is 194 Å². The molecule has 0 aliphatic heterocycles. The molecule has 0 bridgehead atoms. The van der Waals surface area contributed by atoms with Crippen molar-refractivity contribution in [1.29, 1.82) is 0 Å². The Bertz CT molecular complexity index is 1470. The first-order valence-corrected chi connectivity index (χ1v) is 11.0. The zero-order valence-electron chi connectivity index (χ0n) is 19.3. The predicted molar refractivity (Wildman–Crippen MR) is 128 cm³/mol. The number of benzene rings is 1. The SMILES string of the molecule is CCCCn1c(N)c(N(Cc2ccccc2)C(=O)c2nc3nc(C)cc(C)n3n2)c(=O)[nH]c1=O. The van der Waals surface area contributed by atoms with Gasteiger partial charge in [0.1, 0.15) is 5.82 Å². The number of anilines is 2. The highest BCUT2D eigenvalue weighted by Gasteiger charge is 2.28. The molecule has 0 spiro atoms. The molecular weight excluding hydrogens is 436 g/mol. The van der Waals surface area contributed by atoms with Gasteiger partial charge >= 0.3 is 5.69 Å². The molecule has 34 heavy (non-hydrogen) atoms. The van der Waals surface area contributed by atoms with Crippen molar-refractivity contribution in [3.8, 4) is 0 Å². The number of unbranched alkanes of at least 4 members (excludes halogenated alkanes) is 1. The summed E-state index contributed by atoms with van der Waals surface area (Å²) in [7, 11) is 0. The van der Waals surface area contributed by atoms with Crippen LogP contribution in [0.25, 0.3) is 5.78 Å². The minimum absolute atomic E-state index is 0.0277. The van der Waals surface area contributed by atoms with Crippen molar-refractivity contribution < 1.29 is 4.79 Å². The number of aromatic amines is 1. The predicted octanol–water partition coefficient (Wildman–Crippen LogP) is 1.82. The third-order valence-electron chi connectivity index (χ3n) is 5.46. The lowest BCUT2D eigenvalue weighted by atomic mass is 10.2. The smallest absolute Gasteiger partial charge is 0.330 e. The largest absolute Gasteiger partial charge is 0.383 e. The number of aromatic nitrogens is 6. The molecule has 0 fully saturated rings. The van der Waals surface area contributed by atoms with Gasteiger partial charge in [-0.25, -0.2) is 14.3 Å². The van der Waals surface area contributed by atoms with Gasteiger partial charge in [0, 0.05) is 17.9 Å². The lowest BCUT2D eigenvalue weighted by molar-refractivity contribution is 0.0975. The summed E-state index contributed by atoms with van der Waals surface area (Å²) < 4.78 is 2.74. The Morgan fingerprint density at radius 3 is 2.59 bits per heavy atom. The molecule has 0 aliphatic rings. The van der Waals surface area contributed by atoms with E-state index in [0.717, 1.165) is 23.4 Å². The third-order valence-corrected chi connectivity index (χ3v) is 5.46. The summed E-state index contributed by atoms with van der Waals surface area (Å²) in [6.45, 7) is 5.97. The van der Waals surface area contributed by atoms with E-state index < -0.39 is 17.2 Å². The summed E-state index contributed by atoms with van der Waals surface area (Å²) >= 11 is 0. The molecule has 11 nitrogen and oxygen atoms in total. The third kappa shape index (κ3) is 4.32. The molecule has 3 heterocycles. The van der Waals surface area contributed by atoms with Gasteiger partial charge in [-0.3, -0.25) is 24.0 Å². The number of nitrogen functional groups attached to an aromatic ring is 1. The summed E-state index contributed by atoms with van der Waals surface area (Å²) in [5, 5.41) is 4.32. The van der Waals surface area contributed by atoms with Crippen molar-refractivity contribution in [2.45, 2.75) is 46.7 Å². The molecule has 0 saturated carbocycles. The molecule has 176 valence electrons. The van der Waals surface area contributed by atoms with Gasteiger partial charge in [-0.1, -0.05) is 43.7 Å². The second-order valence-corrected chi connectivity index (χ2v) is 8.06. The second kappa shape index (κ2) is 9.30. The topological polar surface area (TPSA) is 144 Å². The number of nitrogens with one attached hydrogen (secondary N) is 1. The normalized spacial score (nSPS) is 11.1. The van der Waals surface area contributed by atoms with E-state index in [4.69, 9.17) is 5.73 Å². The van der Waals surface area contributed by atoms with Gasteiger partial charge in [0.05, 0.1) is 6.54 Å². The number of rotatable bonds is 7. The lowest BCUT2D eigenvalue weighted by Gasteiger charge is -2.23. The van der Waals surface area contributed by atoms with E-state index in [1.807, 2.05) is 57.2 Å². The van der Waals surface area contributed by atoms with Gasteiger partial charge in [0.25, 0.3) is 17.2 Å². The van der Waals surface area contributed by atoms with Gasteiger partial charge in [0.15, 0.2) is 5.69 Å². The first-order valence-electron chi connectivity index (χ1n) is 11.0. The maximum atomic E-state index is 13.7. The summed E-state index contributed by atoms with van der Waals surface area (Å²) in [5.41, 5.74) is 7.07. The second-order valence-electron chi connectivity index (χ2n) is 8.06. The fourth-order valence-corrected chi connectivity index (χ4v) is 3.77. The Morgan fingerprint density at radius 2 is 1.88 bits per heavy atom. The van der Waals surface area contributed by atoms with E-state index in [1.54, 1.807) is 0 Å². The Kier molecular flexibility index (Phi) is 6.26. The molecule has 4 rings (SSSR count). The number of H-pyrrole nitrogens is 1. The van der Waals surface area contributed by atoms with E-state index in [-0.39, 0.29) is 29.7 Å². The van der Waals surface area contributed by atoms with E-state index >= 15 is 0 Å². The van der Waals surface area contributed by atoms with Crippen LogP contribution in [-0.4, -0.2) is 35.0 Å². The summed E-state index contributed by atoms with van der Waals surface area (Å²) in [5.74, 6) is -0.581. The van der Waals surface area contributed by atoms with Crippen molar-refractivity contribution in [2.24, 2.45) is 0 Å². The van der Waals surface area contributed by atoms with Crippen LogP contribution in [-0.2, 0) is 13.1 Å². The van der Waals surface area contributed by atoms with Crippen LogP contribution >= 0.6 is 0 Å². The quantitative estimate of drug-likeness (QED) is 0.426. The van der Waals surface area contributed by atoms with Crippen LogP contribution in [0, 0.1) is 13.8 Å². The fourth-order valence-electron chi connectivity index (χ4n) is 3.77. The minimum atomic E-state index is -0.756. The fraction of sp³-hybridized carbons (Fsp3) is 0.304. The van der Waals surface area contributed by atoms with E-state index in [1.165, 1.54) is 14.0 Å². The van der Waals surface area contributed by atoms with Gasteiger partial charge in [0.2, 0.25) is 5.82 Å². The van der Waals surface area contributed by atoms with E-state index in [0.29, 0.717) is 13.0 Å². The first kappa shape index (κ1) is 22.9. The van der Waals surface area contributed by atoms with Crippen LogP contribution in [0.1, 0.15) is 47.3 Å². The highest BCUT2D eigenvalue weighted by molar-refractivity contribution is 6.05. The first-order chi connectivity index (χ1) is 16.3. The molecule has 3 aromatic heterocycles. The number of amides is 1. The van der Waals surface area contributed by atoms with Crippen molar-refractivity contribution in [1.82, 2.24) is 29.1 Å². The lowest BCUT2D eigenvalue weighted by Crippen LogP contribution is -2.41. The summed E-state index contributed by atoms with van der Waals surface area (Å²) in [4.78, 5) is 51.2. The van der Waals surface area contributed by atoms with E-state index in [9.17, 15) is 14.4 Å². The zero-order chi connectivity index (χ0) is 24.4. The molecule has 11 heteroatoms. The number of carbonyl (C=O) groups is 1. The Hall–Kier alpha value is -4.28. The number of aryl methyl sites for hydroxylation is 2. The molecule has 4 aromatic rings. The number of nitrogens with two attached hydrogens (primary N) is 1. The van der Waals surface area contributed by atoms with Crippen LogP contribution in [0.4, 0.5) is 11.5 Å². The summed E-state index contributed by atoms with van der Waals surface area (Å²) in [6, 6.07) is 11.0. The molecule has 1 amide bonds. The monoisotopic (exact) mass is 462 g/mol. The number of hydrogen-bond donors (Lipinski definition) is 2. The van der Waals surface area contributed by atoms with Crippen molar-refractivity contribution in [3.63, 3.8) is 0 Å². The summed E-state index contributed by atoms with van der Waals surface area (Å²) in [6.07, 6.45) is 1.50. The van der Waals surface area contributed by atoms with Crippen LogP contribution in [0.2, 0.25) is 0 Å². The minimum Gasteiger partial charge on any atom is -0.383 e. The number of fused-ring (bicyclic) bond motifs is 1. The maximum absolute atomic E-state index is 13.7. The van der Waals surface area contributed by atoms with Crippen molar-refractivity contribution in [2.75, 3.05) is 10.6 Å². The molecule has 3 N–H and O–H groups in total. The van der Waals surface area contributed by atoms with Gasteiger partial charge < -0.3 is 5.73 Å². The average molecular weight is 463 g/mol. The van der Waals surface area contributed by atoms with Crippen LogP contribution in [0.15, 0.2) is 46.0 Å².